The van der Waals surface area contributed by atoms with Crippen molar-refractivity contribution in [2.24, 2.45) is 0 Å². The molecule has 0 saturated heterocycles. The summed E-state index contributed by atoms with van der Waals surface area (Å²) in [5.41, 5.74) is 1.76. The molecule has 0 radical (unpaired) electrons. The van der Waals surface area contributed by atoms with Gasteiger partial charge in [-0.3, -0.25) is 14.5 Å². The monoisotopic (exact) mass is 206 g/mol. The van der Waals surface area contributed by atoms with Crippen molar-refractivity contribution in [1.82, 2.24) is 5.32 Å². The number of rotatable bonds is 6. The SMILES string of the molecule is CNCCc1ccc(N(C=O)C=O)cc1. The van der Waals surface area contributed by atoms with E-state index in [-0.39, 0.29) is 0 Å². The van der Waals surface area contributed by atoms with E-state index in [0.29, 0.717) is 18.5 Å². The molecule has 1 rings (SSSR count). The summed E-state index contributed by atoms with van der Waals surface area (Å²) in [4.78, 5) is 22.0. The van der Waals surface area contributed by atoms with E-state index in [2.05, 4.69) is 5.32 Å². The highest BCUT2D eigenvalue weighted by Crippen LogP contribution is 2.12. The zero-order valence-corrected chi connectivity index (χ0v) is 8.64. The molecule has 4 nitrogen and oxygen atoms in total. The summed E-state index contributed by atoms with van der Waals surface area (Å²) >= 11 is 0. The second kappa shape index (κ2) is 5.93. The summed E-state index contributed by atoms with van der Waals surface area (Å²) in [6, 6.07) is 7.33. The van der Waals surface area contributed by atoms with Crippen LogP contribution >= 0.6 is 0 Å². The molecular weight excluding hydrogens is 192 g/mol. The molecule has 0 aromatic heterocycles. The highest BCUT2D eigenvalue weighted by molar-refractivity contribution is 5.95. The van der Waals surface area contributed by atoms with Crippen molar-refractivity contribution >= 4 is 18.5 Å². The van der Waals surface area contributed by atoms with Gasteiger partial charge in [-0.05, 0) is 37.7 Å². The van der Waals surface area contributed by atoms with Gasteiger partial charge < -0.3 is 5.32 Å². The zero-order chi connectivity index (χ0) is 11.1. The van der Waals surface area contributed by atoms with Gasteiger partial charge in [0.25, 0.3) is 0 Å². The summed E-state index contributed by atoms with van der Waals surface area (Å²) in [6.45, 7) is 0.907. The minimum Gasteiger partial charge on any atom is -0.319 e. The maximum absolute atomic E-state index is 10.5. The standard InChI is InChI=1S/C11H14N2O2/c1-12-7-6-10-2-4-11(5-3-10)13(8-14)9-15/h2-5,8-9,12H,6-7H2,1H3. The van der Waals surface area contributed by atoms with E-state index in [1.807, 2.05) is 19.2 Å². The van der Waals surface area contributed by atoms with Gasteiger partial charge in [0.1, 0.15) is 0 Å². The van der Waals surface area contributed by atoms with Gasteiger partial charge in [-0.2, -0.15) is 0 Å². The Hall–Kier alpha value is -1.68. The van der Waals surface area contributed by atoms with Crippen LogP contribution in [0.1, 0.15) is 5.56 Å². The van der Waals surface area contributed by atoms with Crippen LogP contribution in [0.3, 0.4) is 0 Å². The molecule has 0 saturated carbocycles. The first-order valence-corrected chi connectivity index (χ1v) is 4.74. The minimum atomic E-state index is 0.496. The first-order chi connectivity index (χ1) is 7.31. The maximum atomic E-state index is 10.5. The molecule has 4 heteroatoms. The number of carbonyl (C=O) groups is 2. The number of carbonyl (C=O) groups excluding carboxylic acids is 2. The van der Waals surface area contributed by atoms with E-state index in [1.54, 1.807) is 12.1 Å². The van der Waals surface area contributed by atoms with Gasteiger partial charge in [0, 0.05) is 0 Å². The first-order valence-electron chi connectivity index (χ1n) is 4.74. The molecule has 0 atom stereocenters. The predicted octanol–water partition coefficient (Wildman–Crippen LogP) is 0.568. The summed E-state index contributed by atoms with van der Waals surface area (Å²) in [5, 5.41) is 3.05. The molecule has 0 aliphatic carbocycles. The lowest BCUT2D eigenvalue weighted by atomic mass is 10.1. The second-order valence-corrected chi connectivity index (χ2v) is 3.14. The van der Waals surface area contributed by atoms with Gasteiger partial charge in [0.15, 0.2) is 0 Å². The highest BCUT2D eigenvalue weighted by Gasteiger charge is 2.02. The molecule has 0 heterocycles. The summed E-state index contributed by atoms with van der Waals surface area (Å²) < 4.78 is 0. The number of hydrogen-bond donors (Lipinski definition) is 1. The Morgan fingerprint density at radius 3 is 2.27 bits per heavy atom. The lowest BCUT2D eigenvalue weighted by molar-refractivity contribution is -0.113. The fourth-order valence-corrected chi connectivity index (χ4v) is 1.25. The van der Waals surface area contributed by atoms with E-state index in [0.717, 1.165) is 17.9 Å². The van der Waals surface area contributed by atoms with Crippen molar-refractivity contribution in [3.8, 4) is 0 Å². The van der Waals surface area contributed by atoms with Gasteiger partial charge >= 0.3 is 0 Å². The zero-order valence-electron chi connectivity index (χ0n) is 8.64. The molecule has 0 aliphatic heterocycles. The lowest BCUT2D eigenvalue weighted by Crippen LogP contribution is -2.18. The van der Waals surface area contributed by atoms with Gasteiger partial charge in [-0.1, -0.05) is 12.1 Å². The quantitative estimate of drug-likeness (QED) is 0.692. The van der Waals surface area contributed by atoms with E-state index >= 15 is 0 Å². The number of amides is 2. The molecule has 15 heavy (non-hydrogen) atoms. The van der Waals surface area contributed by atoms with E-state index < -0.39 is 0 Å². The molecular formula is C11H14N2O2. The Balaban J connectivity index is 2.70. The molecule has 0 unspecified atom stereocenters. The number of anilines is 1. The number of likely N-dealkylation sites (N-methyl/N-ethyl adjacent to an activating group) is 1. The largest absolute Gasteiger partial charge is 0.319 e. The van der Waals surface area contributed by atoms with E-state index in [9.17, 15) is 9.59 Å². The first kappa shape index (κ1) is 11.4. The molecule has 0 fully saturated rings. The molecule has 0 spiro atoms. The van der Waals surface area contributed by atoms with Crippen molar-refractivity contribution < 1.29 is 9.59 Å². The third-order valence-electron chi connectivity index (χ3n) is 2.13. The number of hydrogen-bond acceptors (Lipinski definition) is 3. The summed E-state index contributed by atoms with van der Waals surface area (Å²) in [7, 11) is 1.90. The van der Waals surface area contributed by atoms with E-state index in [4.69, 9.17) is 0 Å². The lowest BCUT2D eigenvalue weighted by Gasteiger charge is -2.09. The number of imide groups is 1. The van der Waals surface area contributed by atoms with E-state index in [1.165, 1.54) is 5.56 Å². The van der Waals surface area contributed by atoms with Gasteiger partial charge in [-0.15, -0.1) is 0 Å². The molecule has 1 N–H and O–H groups in total. The Morgan fingerprint density at radius 2 is 1.80 bits per heavy atom. The van der Waals surface area contributed by atoms with Crippen LogP contribution in [-0.2, 0) is 16.0 Å². The van der Waals surface area contributed by atoms with Crippen LogP contribution in [0, 0.1) is 0 Å². The van der Waals surface area contributed by atoms with Crippen LogP contribution in [0.4, 0.5) is 5.69 Å². The van der Waals surface area contributed by atoms with Crippen LogP contribution in [0.2, 0.25) is 0 Å². The topological polar surface area (TPSA) is 49.4 Å². The fourth-order valence-electron chi connectivity index (χ4n) is 1.25. The normalized spacial score (nSPS) is 9.67. The van der Waals surface area contributed by atoms with Crippen LogP contribution in [0.15, 0.2) is 24.3 Å². The Morgan fingerprint density at radius 1 is 1.20 bits per heavy atom. The van der Waals surface area contributed by atoms with Crippen LogP contribution < -0.4 is 10.2 Å². The predicted molar refractivity (Wildman–Crippen MR) is 58.7 cm³/mol. The summed E-state index contributed by atoms with van der Waals surface area (Å²) in [6.07, 6.45) is 1.92. The third-order valence-corrected chi connectivity index (χ3v) is 2.13. The number of benzene rings is 1. The maximum Gasteiger partial charge on any atom is 0.220 e. The van der Waals surface area contributed by atoms with Crippen LogP contribution in [-0.4, -0.2) is 26.4 Å². The minimum absolute atomic E-state index is 0.496. The van der Waals surface area contributed by atoms with Crippen molar-refractivity contribution in [2.45, 2.75) is 6.42 Å². The van der Waals surface area contributed by atoms with Gasteiger partial charge in [0.2, 0.25) is 12.8 Å². The average Bonchev–Trinajstić information content (AvgIpc) is 2.29. The molecule has 1 aromatic carbocycles. The van der Waals surface area contributed by atoms with Crippen molar-refractivity contribution in [3.05, 3.63) is 29.8 Å². The van der Waals surface area contributed by atoms with Gasteiger partial charge in [-0.25, -0.2) is 0 Å². The molecule has 0 aliphatic rings. The molecule has 2 amide bonds. The third kappa shape index (κ3) is 3.18. The van der Waals surface area contributed by atoms with Crippen LogP contribution in [0.25, 0.3) is 0 Å². The number of nitrogens with zero attached hydrogens (tertiary/aromatic N) is 1. The van der Waals surface area contributed by atoms with Crippen molar-refractivity contribution in [1.29, 1.82) is 0 Å². The number of nitrogens with one attached hydrogen (secondary N) is 1. The molecule has 1 aromatic rings. The highest BCUT2D eigenvalue weighted by atomic mass is 16.2. The average molecular weight is 206 g/mol. The van der Waals surface area contributed by atoms with Crippen LogP contribution in [0.5, 0.6) is 0 Å². The Bertz CT molecular complexity index is 314. The molecule has 80 valence electrons. The fraction of sp³-hybridized carbons (Fsp3) is 0.273. The van der Waals surface area contributed by atoms with Crippen molar-refractivity contribution in [3.63, 3.8) is 0 Å². The Kier molecular flexibility index (Phi) is 4.50. The van der Waals surface area contributed by atoms with Crippen molar-refractivity contribution in [2.75, 3.05) is 18.5 Å². The molecule has 0 bridgehead atoms. The van der Waals surface area contributed by atoms with Gasteiger partial charge in [0.05, 0.1) is 5.69 Å². The Labute approximate surface area is 88.9 Å². The second-order valence-electron chi connectivity index (χ2n) is 3.14. The summed E-state index contributed by atoms with van der Waals surface area (Å²) in [5.74, 6) is 0. The smallest absolute Gasteiger partial charge is 0.220 e.